The van der Waals surface area contributed by atoms with Crippen LogP contribution in [0.2, 0.25) is 5.15 Å². The summed E-state index contributed by atoms with van der Waals surface area (Å²) in [5, 5.41) is 3.57. The second kappa shape index (κ2) is 4.39. The summed E-state index contributed by atoms with van der Waals surface area (Å²) in [5.74, 6) is 0. The first-order valence-corrected chi connectivity index (χ1v) is 7.54. The molecule has 4 nitrogen and oxygen atoms in total. The van der Waals surface area contributed by atoms with Crippen molar-refractivity contribution in [1.29, 1.82) is 0 Å². The summed E-state index contributed by atoms with van der Waals surface area (Å²) in [6, 6.07) is 3.51. The third kappa shape index (κ3) is 2.26. The summed E-state index contributed by atoms with van der Waals surface area (Å²) >= 11 is 5.90. The number of hydrogen-bond donors (Lipinski definition) is 1. The number of nitrogens with zero attached hydrogens (tertiary/aromatic N) is 1. The van der Waals surface area contributed by atoms with Gasteiger partial charge in [0.05, 0.1) is 11.9 Å². The predicted octanol–water partition coefficient (Wildman–Crippen LogP) is 1.76. The van der Waals surface area contributed by atoms with Crippen LogP contribution in [0.4, 0.5) is 0 Å². The Morgan fingerprint density at radius 2 is 2.19 bits per heavy atom. The lowest BCUT2D eigenvalue weighted by Gasteiger charge is -2.24. The highest BCUT2D eigenvalue weighted by molar-refractivity contribution is 7.89. The maximum absolute atomic E-state index is 11.6. The Morgan fingerprint density at radius 3 is 2.75 bits per heavy atom. The molecule has 0 amide bonds. The largest absolute Gasteiger partial charge is 0.309 e. The van der Waals surface area contributed by atoms with Gasteiger partial charge in [-0.1, -0.05) is 18.0 Å². The first-order valence-electron chi connectivity index (χ1n) is 5.31. The number of halogens is 1. The number of piperidine rings is 1. The molecule has 1 saturated heterocycles. The van der Waals surface area contributed by atoms with E-state index in [2.05, 4.69) is 5.32 Å². The maximum Gasteiger partial charge on any atom is 0.237 e. The Morgan fingerprint density at radius 1 is 1.44 bits per heavy atom. The van der Waals surface area contributed by atoms with Crippen molar-refractivity contribution >= 4 is 21.6 Å². The van der Waals surface area contributed by atoms with Gasteiger partial charge in [0, 0.05) is 6.04 Å². The Labute approximate surface area is 101 Å². The van der Waals surface area contributed by atoms with Gasteiger partial charge in [-0.2, -0.15) is 0 Å². The lowest BCUT2D eigenvalue weighted by atomic mass is 10.0. The summed E-state index contributed by atoms with van der Waals surface area (Å²) in [6.07, 6.45) is 4.38. The second-order valence-corrected chi connectivity index (χ2v) is 6.33. The molecule has 1 atom stereocenters. The van der Waals surface area contributed by atoms with Gasteiger partial charge in [0.1, 0.15) is 5.15 Å². The van der Waals surface area contributed by atoms with Gasteiger partial charge in [-0.05, 0) is 31.5 Å². The highest BCUT2D eigenvalue weighted by atomic mass is 35.5. The molecular formula is C10H15ClN2O2S. The van der Waals surface area contributed by atoms with Gasteiger partial charge in [-0.15, -0.1) is 0 Å². The van der Waals surface area contributed by atoms with E-state index >= 15 is 0 Å². The van der Waals surface area contributed by atoms with E-state index in [1.54, 1.807) is 12.1 Å². The monoisotopic (exact) mass is 262 g/mol. The highest BCUT2D eigenvalue weighted by Crippen LogP contribution is 2.27. The summed E-state index contributed by atoms with van der Waals surface area (Å²) in [5.41, 5.74) is 0.743. The molecule has 2 rings (SSSR count). The average Bonchev–Trinajstić information content (AvgIpc) is 2.61. The van der Waals surface area contributed by atoms with E-state index in [9.17, 15) is 8.42 Å². The van der Waals surface area contributed by atoms with Crippen molar-refractivity contribution < 1.29 is 8.42 Å². The van der Waals surface area contributed by atoms with Gasteiger partial charge in [0.15, 0.2) is 0 Å². The topological polar surface area (TPSA) is 51.1 Å². The van der Waals surface area contributed by atoms with E-state index < -0.39 is 10.0 Å². The van der Waals surface area contributed by atoms with Crippen LogP contribution < -0.4 is 5.32 Å². The van der Waals surface area contributed by atoms with Gasteiger partial charge in [0.25, 0.3) is 0 Å². The molecule has 6 heteroatoms. The molecular weight excluding hydrogens is 248 g/mol. The Hall–Kier alpha value is -0.520. The third-order valence-electron chi connectivity index (χ3n) is 2.82. The van der Waals surface area contributed by atoms with Crippen LogP contribution in [0.25, 0.3) is 0 Å². The molecule has 0 spiro atoms. The van der Waals surface area contributed by atoms with Crippen molar-refractivity contribution in [3.05, 3.63) is 23.0 Å². The third-order valence-corrected chi connectivity index (χ3v) is 4.29. The zero-order chi connectivity index (χ0) is 11.8. The van der Waals surface area contributed by atoms with Crippen LogP contribution in [0.5, 0.6) is 0 Å². The number of rotatable bonds is 2. The molecule has 90 valence electrons. The molecule has 1 aliphatic rings. The fourth-order valence-electron chi connectivity index (χ4n) is 2.12. The second-order valence-electron chi connectivity index (χ2n) is 4.11. The van der Waals surface area contributed by atoms with Crippen LogP contribution in [-0.4, -0.2) is 25.2 Å². The molecule has 1 fully saturated rings. The van der Waals surface area contributed by atoms with Crippen LogP contribution >= 0.6 is 11.6 Å². The maximum atomic E-state index is 11.6. The molecule has 0 aliphatic carbocycles. The minimum Gasteiger partial charge on any atom is -0.309 e. The zero-order valence-corrected chi connectivity index (χ0v) is 10.7. The number of hydrogen-bond acceptors (Lipinski definition) is 3. The van der Waals surface area contributed by atoms with Crippen molar-refractivity contribution in [3.8, 4) is 0 Å². The fraction of sp³-hybridized carbons (Fsp3) is 0.600. The summed E-state index contributed by atoms with van der Waals surface area (Å²) in [6.45, 7) is 0.928. The minimum absolute atomic E-state index is 0.0935. The zero-order valence-electron chi connectivity index (χ0n) is 9.11. The molecule has 1 aromatic heterocycles. The van der Waals surface area contributed by atoms with Gasteiger partial charge in [0.2, 0.25) is 10.0 Å². The fourth-order valence-corrected chi connectivity index (χ4v) is 3.61. The molecule has 0 radical (unpaired) electrons. The van der Waals surface area contributed by atoms with Crippen molar-refractivity contribution in [1.82, 2.24) is 9.29 Å². The summed E-state index contributed by atoms with van der Waals surface area (Å²) < 4.78 is 24.5. The van der Waals surface area contributed by atoms with Crippen LogP contribution in [0.3, 0.4) is 0 Å². The van der Waals surface area contributed by atoms with Crippen molar-refractivity contribution in [2.75, 3.05) is 12.8 Å². The van der Waals surface area contributed by atoms with Crippen LogP contribution in [0.15, 0.2) is 12.1 Å². The van der Waals surface area contributed by atoms with Crippen LogP contribution in [0, 0.1) is 0 Å². The standard InChI is InChI=1S/C10H15ClN2O2S/c1-16(14,15)13-9(5-6-10(13)11)8-4-2-3-7-12-8/h5-6,8,12H,2-4,7H2,1H3. The van der Waals surface area contributed by atoms with E-state index in [4.69, 9.17) is 11.6 Å². The van der Waals surface area contributed by atoms with Gasteiger partial charge >= 0.3 is 0 Å². The van der Waals surface area contributed by atoms with E-state index in [0.29, 0.717) is 0 Å². The Kier molecular flexibility index (Phi) is 3.28. The molecule has 0 aromatic carbocycles. The average molecular weight is 263 g/mol. The van der Waals surface area contributed by atoms with Crippen molar-refractivity contribution in [2.24, 2.45) is 0 Å². The molecule has 2 heterocycles. The minimum atomic E-state index is -3.33. The first-order chi connectivity index (χ1) is 7.50. The highest BCUT2D eigenvalue weighted by Gasteiger charge is 2.23. The van der Waals surface area contributed by atoms with Crippen molar-refractivity contribution in [2.45, 2.75) is 25.3 Å². The van der Waals surface area contributed by atoms with E-state index in [0.717, 1.165) is 31.5 Å². The van der Waals surface area contributed by atoms with E-state index in [-0.39, 0.29) is 11.2 Å². The number of aromatic nitrogens is 1. The van der Waals surface area contributed by atoms with Crippen LogP contribution in [0.1, 0.15) is 31.0 Å². The van der Waals surface area contributed by atoms with Gasteiger partial charge in [-0.25, -0.2) is 12.4 Å². The quantitative estimate of drug-likeness (QED) is 0.884. The first kappa shape index (κ1) is 12.0. The lowest BCUT2D eigenvalue weighted by molar-refractivity contribution is 0.403. The van der Waals surface area contributed by atoms with E-state index in [1.807, 2.05) is 0 Å². The lowest BCUT2D eigenvalue weighted by Crippen LogP contribution is -2.29. The van der Waals surface area contributed by atoms with Gasteiger partial charge in [-0.3, -0.25) is 0 Å². The molecule has 1 unspecified atom stereocenters. The molecule has 16 heavy (non-hydrogen) atoms. The van der Waals surface area contributed by atoms with Gasteiger partial charge < -0.3 is 5.32 Å². The summed E-state index contributed by atoms with van der Waals surface area (Å²) in [4.78, 5) is 0. The smallest absolute Gasteiger partial charge is 0.237 e. The summed E-state index contributed by atoms with van der Waals surface area (Å²) in [7, 11) is -3.33. The Balaban J connectivity index is 2.41. The van der Waals surface area contributed by atoms with E-state index in [1.165, 1.54) is 10.2 Å². The SMILES string of the molecule is CS(=O)(=O)n1c(Cl)ccc1C1CCCCN1. The van der Waals surface area contributed by atoms with Crippen molar-refractivity contribution in [3.63, 3.8) is 0 Å². The molecule has 1 aromatic rings. The van der Waals surface area contributed by atoms with Crippen LogP contribution in [-0.2, 0) is 10.0 Å². The molecule has 1 N–H and O–H groups in total. The normalized spacial score (nSPS) is 22.2. The Bertz CT molecular complexity index is 475. The molecule has 0 bridgehead atoms. The molecule has 1 aliphatic heterocycles. The molecule has 0 saturated carbocycles. The predicted molar refractivity (Wildman–Crippen MR) is 64.3 cm³/mol. The number of nitrogens with one attached hydrogen (secondary N) is 1.